The molecule has 3 N–H and O–H groups in total. The summed E-state index contributed by atoms with van der Waals surface area (Å²) < 4.78 is 11.7. The van der Waals surface area contributed by atoms with E-state index in [2.05, 4.69) is 0 Å². The van der Waals surface area contributed by atoms with Gasteiger partial charge in [-0.25, -0.2) is 0 Å². The number of aliphatic hydroxyl groups is 3. The fourth-order valence-electron chi connectivity index (χ4n) is 1.24. The van der Waals surface area contributed by atoms with Crippen molar-refractivity contribution in [3.05, 3.63) is 0 Å². The molecule has 4 atom stereocenters. The lowest BCUT2D eigenvalue weighted by Gasteiger charge is -2.26. The smallest absolute Gasteiger partial charge is 0.184 e. The van der Waals surface area contributed by atoms with E-state index in [0.717, 1.165) is 0 Å². The standard InChI is InChI=1S/C7H14O4/c1-3-7(10)4(2)11-6(9)5(7)8/h4-6,8-10H,3H2,1-2H3/t4-,5+,6?,7+/m1/s1/i1D. The normalized spacial score (nSPS) is 52.7. The Balaban J connectivity index is 2.73. The second-order valence-corrected chi connectivity index (χ2v) is 2.85. The third-order valence-electron chi connectivity index (χ3n) is 2.23. The monoisotopic (exact) mass is 163 g/mol. The molecule has 0 aromatic carbocycles. The molecule has 1 aliphatic rings. The fraction of sp³-hybridized carbons (Fsp3) is 1.00. The lowest BCUT2D eigenvalue weighted by atomic mass is 9.91. The van der Waals surface area contributed by atoms with E-state index in [1.54, 1.807) is 6.92 Å². The highest BCUT2D eigenvalue weighted by Gasteiger charge is 2.51. The molecule has 1 rings (SSSR count). The Labute approximate surface area is 66.8 Å². The summed E-state index contributed by atoms with van der Waals surface area (Å²) in [5.74, 6) is 0. The van der Waals surface area contributed by atoms with Crippen molar-refractivity contribution in [2.24, 2.45) is 0 Å². The van der Waals surface area contributed by atoms with E-state index in [-0.39, 0.29) is 13.3 Å². The maximum atomic E-state index is 9.74. The average molecular weight is 163 g/mol. The number of hydrogen-bond donors (Lipinski definition) is 3. The van der Waals surface area contributed by atoms with Crippen LogP contribution in [0.2, 0.25) is 0 Å². The summed E-state index contributed by atoms with van der Waals surface area (Å²) in [7, 11) is 0. The molecule has 0 aromatic rings. The lowest BCUT2D eigenvalue weighted by Crippen LogP contribution is -2.46. The zero-order valence-corrected chi connectivity index (χ0v) is 6.40. The van der Waals surface area contributed by atoms with Crippen LogP contribution in [0.25, 0.3) is 0 Å². The van der Waals surface area contributed by atoms with E-state index in [1.165, 1.54) is 0 Å². The molecule has 1 heterocycles. The van der Waals surface area contributed by atoms with Crippen LogP contribution >= 0.6 is 0 Å². The van der Waals surface area contributed by atoms with Gasteiger partial charge in [0.05, 0.1) is 6.10 Å². The summed E-state index contributed by atoms with van der Waals surface area (Å²) in [6.45, 7) is 1.56. The zero-order chi connectivity index (χ0) is 9.35. The topological polar surface area (TPSA) is 69.9 Å². The maximum absolute atomic E-state index is 9.74. The summed E-state index contributed by atoms with van der Waals surface area (Å²) in [4.78, 5) is 0. The Morgan fingerprint density at radius 3 is 2.64 bits per heavy atom. The first-order valence-corrected chi connectivity index (χ1v) is 3.55. The van der Waals surface area contributed by atoms with Crippen molar-refractivity contribution >= 4 is 0 Å². The van der Waals surface area contributed by atoms with Crippen LogP contribution in [-0.2, 0) is 4.74 Å². The van der Waals surface area contributed by atoms with Crippen molar-refractivity contribution in [1.82, 2.24) is 0 Å². The molecule has 4 nitrogen and oxygen atoms in total. The summed E-state index contributed by atoms with van der Waals surface area (Å²) in [5.41, 5.74) is -1.47. The van der Waals surface area contributed by atoms with E-state index >= 15 is 0 Å². The predicted molar refractivity (Wildman–Crippen MR) is 37.8 cm³/mol. The first-order valence-electron chi connectivity index (χ1n) is 4.26. The molecule has 4 heteroatoms. The molecule has 11 heavy (non-hydrogen) atoms. The van der Waals surface area contributed by atoms with Crippen LogP contribution in [0.15, 0.2) is 0 Å². The van der Waals surface area contributed by atoms with Gasteiger partial charge in [-0.3, -0.25) is 0 Å². The van der Waals surface area contributed by atoms with Crippen LogP contribution in [0.5, 0.6) is 0 Å². The predicted octanol–water partition coefficient (Wildman–Crippen LogP) is -0.775. The number of rotatable bonds is 1. The largest absolute Gasteiger partial charge is 0.385 e. The molecular formula is C7H14O4. The van der Waals surface area contributed by atoms with E-state index in [1.807, 2.05) is 0 Å². The lowest BCUT2D eigenvalue weighted by molar-refractivity contribution is -0.126. The Hall–Kier alpha value is -0.160. The van der Waals surface area contributed by atoms with Gasteiger partial charge in [0, 0.05) is 1.37 Å². The van der Waals surface area contributed by atoms with Gasteiger partial charge >= 0.3 is 0 Å². The summed E-state index contributed by atoms with van der Waals surface area (Å²) >= 11 is 0. The molecule has 1 unspecified atom stereocenters. The van der Waals surface area contributed by atoms with Gasteiger partial charge in [0.2, 0.25) is 0 Å². The second-order valence-electron chi connectivity index (χ2n) is 2.85. The summed E-state index contributed by atoms with van der Waals surface area (Å²) in [6.07, 6.45) is -3.17. The van der Waals surface area contributed by atoms with E-state index in [4.69, 9.17) is 11.2 Å². The molecule has 0 spiro atoms. The Bertz CT molecular complexity index is 165. The Kier molecular flexibility index (Phi) is 1.85. The van der Waals surface area contributed by atoms with E-state index in [9.17, 15) is 10.2 Å². The highest BCUT2D eigenvalue weighted by molar-refractivity contribution is 4.97. The van der Waals surface area contributed by atoms with Gasteiger partial charge in [0.15, 0.2) is 6.29 Å². The summed E-state index contributed by atoms with van der Waals surface area (Å²) in [6, 6.07) is 0. The first kappa shape index (κ1) is 7.49. The number of ether oxygens (including phenoxy) is 1. The molecular weight excluding hydrogens is 148 g/mol. The first-order chi connectivity index (χ1) is 5.52. The maximum Gasteiger partial charge on any atom is 0.184 e. The Morgan fingerprint density at radius 1 is 1.64 bits per heavy atom. The van der Waals surface area contributed by atoms with E-state index in [0.29, 0.717) is 0 Å². The van der Waals surface area contributed by atoms with Crippen LogP contribution in [0.4, 0.5) is 0 Å². The quantitative estimate of drug-likeness (QED) is 0.474. The minimum Gasteiger partial charge on any atom is -0.385 e. The molecule has 1 saturated heterocycles. The molecule has 0 saturated carbocycles. The van der Waals surface area contributed by atoms with Crippen molar-refractivity contribution in [2.45, 2.75) is 44.3 Å². The molecule has 1 aliphatic heterocycles. The van der Waals surface area contributed by atoms with Crippen LogP contribution in [-0.4, -0.2) is 39.4 Å². The molecule has 0 bridgehead atoms. The van der Waals surface area contributed by atoms with Gasteiger partial charge in [0.1, 0.15) is 11.7 Å². The Morgan fingerprint density at radius 2 is 2.27 bits per heavy atom. The van der Waals surface area contributed by atoms with Gasteiger partial charge in [-0.05, 0) is 13.3 Å². The molecule has 66 valence electrons. The zero-order valence-electron chi connectivity index (χ0n) is 7.40. The minimum atomic E-state index is -1.47. The average Bonchev–Trinajstić information content (AvgIpc) is 2.17. The van der Waals surface area contributed by atoms with Crippen molar-refractivity contribution in [2.75, 3.05) is 0 Å². The third kappa shape index (κ3) is 1.16. The highest BCUT2D eigenvalue weighted by Crippen LogP contribution is 2.32. The SMILES string of the molecule is [2H]CC[C@]1(O)[C@@H](C)OC(O)[C@@H]1O. The van der Waals surface area contributed by atoms with Crippen molar-refractivity contribution in [3.8, 4) is 0 Å². The van der Waals surface area contributed by atoms with Crippen LogP contribution in [0.3, 0.4) is 0 Å². The highest BCUT2D eigenvalue weighted by atomic mass is 16.6. The van der Waals surface area contributed by atoms with Crippen LogP contribution < -0.4 is 0 Å². The van der Waals surface area contributed by atoms with Gasteiger partial charge < -0.3 is 20.1 Å². The second kappa shape index (κ2) is 2.71. The third-order valence-corrected chi connectivity index (χ3v) is 2.23. The molecule has 0 aromatic heterocycles. The van der Waals surface area contributed by atoms with Crippen molar-refractivity contribution in [1.29, 1.82) is 0 Å². The van der Waals surface area contributed by atoms with Gasteiger partial charge in [-0.1, -0.05) is 6.90 Å². The molecule has 0 aliphatic carbocycles. The van der Waals surface area contributed by atoms with Gasteiger partial charge in [0.25, 0.3) is 0 Å². The van der Waals surface area contributed by atoms with Crippen LogP contribution in [0, 0.1) is 0 Å². The molecule has 0 amide bonds. The van der Waals surface area contributed by atoms with E-state index < -0.39 is 24.1 Å². The van der Waals surface area contributed by atoms with Crippen molar-refractivity contribution < 1.29 is 21.4 Å². The molecule has 0 radical (unpaired) electrons. The van der Waals surface area contributed by atoms with Gasteiger partial charge in [-0.2, -0.15) is 0 Å². The summed E-state index contributed by atoms with van der Waals surface area (Å²) in [5, 5.41) is 28.1. The fourth-order valence-corrected chi connectivity index (χ4v) is 1.24. The van der Waals surface area contributed by atoms with Gasteiger partial charge in [-0.15, -0.1) is 0 Å². The minimum absolute atomic E-state index is 0.00597. The number of aliphatic hydroxyl groups excluding tert-OH is 2. The number of hydrogen-bond acceptors (Lipinski definition) is 4. The van der Waals surface area contributed by atoms with Crippen LogP contribution in [0.1, 0.15) is 21.6 Å². The van der Waals surface area contributed by atoms with Crippen molar-refractivity contribution in [3.63, 3.8) is 0 Å². The molecule has 1 fully saturated rings.